The molecule has 1 aromatic rings. The van der Waals surface area contributed by atoms with Gasteiger partial charge in [0.15, 0.2) is 0 Å². The Hall–Kier alpha value is -2.19. The molecular formula is C19H29N5O3. The molecule has 0 aliphatic carbocycles. The van der Waals surface area contributed by atoms with Gasteiger partial charge in [0.25, 0.3) is 5.91 Å². The normalized spacial score (nSPS) is 25.6. The van der Waals surface area contributed by atoms with Gasteiger partial charge in [-0.3, -0.25) is 9.78 Å². The van der Waals surface area contributed by atoms with Crippen LogP contribution >= 0.6 is 0 Å². The second-order valence-electron chi connectivity index (χ2n) is 7.85. The average Bonchev–Trinajstić information content (AvgIpc) is 3.03. The van der Waals surface area contributed by atoms with Crippen molar-refractivity contribution in [3.63, 3.8) is 0 Å². The number of likely N-dealkylation sites (tertiary alicyclic amines) is 1. The monoisotopic (exact) mass is 375 g/mol. The van der Waals surface area contributed by atoms with Gasteiger partial charge in [0.1, 0.15) is 11.7 Å². The van der Waals surface area contributed by atoms with Crippen molar-refractivity contribution in [2.75, 3.05) is 54.4 Å². The Balaban J connectivity index is 1.66. The summed E-state index contributed by atoms with van der Waals surface area (Å²) in [4.78, 5) is 36.7. The first-order valence-electron chi connectivity index (χ1n) is 9.27. The molecule has 3 heterocycles. The number of nitrogens with zero attached hydrogens (tertiary/aromatic N) is 5. The summed E-state index contributed by atoms with van der Waals surface area (Å²) in [5, 5.41) is 0. The highest BCUT2D eigenvalue weighted by molar-refractivity contribution is 5.81. The van der Waals surface area contributed by atoms with Crippen molar-refractivity contribution < 1.29 is 14.3 Å². The van der Waals surface area contributed by atoms with E-state index in [2.05, 4.69) is 9.88 Å². The lowest BCUT2D eigenvalue weighted by Gasteiger charge is -2.43. The lowest BCUT2D eigenvalue weighted by Crippen LogP contribution is -2.59. The summed E-state index contributed by atoms with van der Waals surface area (Å²) >= 11 is 0. The number of morpholine rings is 1. The summed E-state index contributed by atoms with van der Waals surface area (Å²) in [5.74, 6) is -0.0519. The van der Waals surface area contributed by atoms with E-state index in [-0.39, 0.29) is 11.9 Å². The Morgan fingerprint density at radius 2 is 2.07 bits per heavy atom. The summed E-state index contributed by atoms with van der Waals surface area (Å²) in [5.41, 5.74) is 0.362. The maximum Gasteiger partial charge on any atom is 0.319 e. The summed E-state index contributed by atoms with van der Waals surface area (Å²) in [6, 6.07) is 5.66. The minimum Gasteiger partial charge on any atom is -0.357 e. The number of ether oxygens (including phenoxy) is 1. The summed E-state index contributed by atoms with van der Waals surface area (Å²) < 4.78 is 6.32. The van der Waals surface area contributed by atoms with E-state index >= 15 is 0 Å². The number of pyridine rings is 1. The van der Waals surface area contributed by atoms with E-state index in [4.69, 9.17) is 4.74 Å². The van der Waals surface area contributed by atoms with Crippen molar-refractivity contribution in [1.29, 1.82) is 0 Å². The predicted molar refractivity (Wildman–Crippen MR) is 101 cm³/mol. The first kappa shape index (κ1) is 19.6. The summed E-state index contributed by atoms with van der Waals surface area (Å²) in [6.07, 6.45) is 1.93. The average molecular weight is 375 g/mol. The zero-order valence-corrected chi connectivity index (χ0v) is 16.6. The molecule has 8 heteroatoms. The largest absolute Gasteiger partial charge is 0.357 e. The molecule has 1 aromatic heterocycles. The molecule has 27 heavy (non-hydrogen) atoms. The highest BCUT2D eigenvalue weighted by atomic mass is 16.5. The molecule has 0 bridgehead atoms. The second-order valence-corrected chi connectivity index (χ2v) is 7.85. The van der Waals surface area contributed by atoms with Gasteiger partial charge in [0.2, 0.25) is 0 Å². The number of amides is 3. The second kappa shape index (κ2) is 7.82. The highest BCUT2D eigenvalue weighted by Gasteiger charge is 2.48. The number of likely N-dealkylation sites (N-methyl/N-ethyl adjacent to an activating group) is 2. The van der Waals surface area contributed by atoms with E-state index < -0.39 is 11.7 Å². The molecule has 148 valence electrons. The molecule has 1 spiro atoms. The molecule has 0 saturated carbocycles. The van der Waals surface area contributed by atoms with Crippen molar-refractivity contribution in [3.05, 3.63) is 30.1 Å². The first-order chi connectivity index (χ1) is 12.8. The smallest absolute Gasteiger partial charge is 0.319 e. The van der Waals surface area contributed by atoms with Gasteiger partial charge in [-0.1, -0.05) is 6.07 Å². The highest BCUT2D eigenvalue weighted by Crippen LogP contribution is 2.32. The third kappa shape index (κ3) is 4.39. The fourth-order valence-electron chi connectivity index (χ4n) is 3.92. The number of urea groups is 1. The van der Waals surface area contributed by atoms with E-state index in [1.807, 2.05) is 25.2 Å². The van der Waals surface area contributed by atoms with E-state index in [0.717, 1.165) is 18.7 Å². The molecule has 2 aliphatic heterocycles. The quantitative estimate of drug-likeness (QED) is 0.769. The molecule has 2 fully saturated rings. The van der Waals surface area contributed by atoms with Crippen LogP contribution in [0.1, 0.15) is 12.1 Å². The van der Waals surface area contributed by atoms with Crippen LogP contribution in [0.5, 0.6) is 0 Å². The topological polar surface area (TPSA) is 69.2 Å². The molecule has 8 nitrogen and oxygen atoms in total. The van der Waals surface area contributed by atoms with E-state index in [1.54, 1.807) is 42.0 Å². The fraction of sp³-hybridized carbons (Fsp3) is 0.632. The third-order valence-electron chi connectivity index (χ3n) is 5.17. The number of hydrogen-bond donors (Lipinski definition) is 0. The minimum absolute atomic E-state index is 0.0150. The number of aromatic nitrogens is 1. The number of carbonyl (C=O) groups is 2. The molecule has 2 atom stereocenters. The Labute approximate surface area is 160 Å². The van der Waals surface area contributed by atoms with Crippen LogP contribution in [0.15, 0.2) is 24.4 Å². The van der Waals surface area contributed by atoms with Gasteiger partial charge in [0, 0.05) is 47.0 Å². The number of carbonyl (C=O) groups excluding carboxylic acids is 2. The number of rotatable bonds is 3. The summed E-state index contributed by atoms with van der Waals surface area (Å²) in [6.45, 7) is 2.88. The van der Waals surface area contributed by atoms with Crippen molar-refractivity contribution in [2.45, 2.75) is 24.7 Å². The third-order valence-corrected chi connectivity index (χ3v) is 5.17. The zero-order valence-electron chi connectivity index (χ0n) is 16.6. The van der Waals surface area contributed by atoms with Crippen LogP contribution in [-0.2, 0) is 16.1 Å². The van der Waals surface area contributed by atoms with Crippen LogP contribution in [0.3, 0.4) is 0 Å². The molecule has 2 aliphatic rings. The van der Waals surface area contributed by atoms with Gasteiger partial charge >= 0.3 is 6.03 Å². The molecule has 0 N–H and O–H groups in total. The molecule has 0 aromatic carbocycles. The van der Waals surface area contributed by atoms with Gasteiger partial charge in [-0.15, -0.1) is 0 Å². The van der Waals surface area contributed by atoms with Gasteiger partial charge < -0.3 is 24.3 Å². The van der Waals surface area contributed by atoms with Crippen LogP contribution in [0.25, 0.3) is 0 Å². The molecule has 3 amide bonds. The zero-order chi connectivity index (χ0) is 19.6. The van der Waals surface area contributed by atoms with Crippen LogP contribution in [0, 0.1) is 0 Å². The lowest BCUT2D eigenvalue weighted by molar-refractivity contribution is -0.174. The van der Waals surface area contributed by atoms with Crippen molar-refractivity contribution >= 4 is 11.9 Å². The summed E-state index contributed by atoms with van der Waals surface area (Å²) in [7, 11) is 7.28. The fourth-order valence-corrected chi connectivity index (χ4v) is 3.92. The van der Waals surface area contributed by atoms with Crippen LogP contribution in [-0.4, -0.2) is 103 Å². The van der Waals surface area contributed by atoms with E-state index in [1.165, 1.54) is 0 Å². The maximum atomic E-state index is 13.0. The number of hydrogen-bond acceptors (Lipinski definition) is 5. The van der Waals surface area contributed by atoms with Gasteiger partial charge in [-0.05, 0) is 25.6 Å². The Morgan fingerprint density at radius 3 is 2.74 bits per heavy atom. The van der Waals surface area contributed by atoms with Crippen LogP contribution in [0.2, 0.25) is 0 Å². The first-order valence-corrected chi connectivity index (χ1v) is 9.27. The molecule has 3 rings (SSSR count). The molecular weight excluding hydrogens is 346 g/mol. The van der Waals surface area contributed by atoms with E-state index in [9.17, 15) is 9.59 Å². The predicted octanol–water partition coefficient (Wildman–Crippen LogP) is 0.497. The maximum absolute atomic E-state index is 13.0. The van der Waals surface area contributed by atoms with Gasteiger partial charge in [-0.2, -0.15) is 0 Å². The van der Waals surface area contributed by atoms with Crippen LogP contribution in [0.4, 0.5) is 4.79 Å². The Bertz CT molecular complexity index is 683. The van der Waals surface area contributed by atoms with Crippen molar-refractivity contribution in [2.24, 2.45) is 0 Å². The molecule has 0 radical (unpaired) electrons. The Morgan fingerprint density at radius 1 is 1.30 bits per heavy atom. The van der Waals surface area contributed by atoms with Gasteiger partial charge in [-0.25, -0.2) is 4.79 Å². The van der Waals surface area contributed by atoms with E-state index in [0.29, 0.717) is 26.2 Å². The van der Waals surface area contributed by atoms with Crippen molar-refractivity contribution in [1.82, 2.24) is 24.6 Å². The van der Waals surface area contributed by atoms with Crippen LogP contribution < -0.4 is 0 Å². The SMILES string of the molecule is CN1C[C@@H](C(=O)N(C)Cc2ccccn2)O[C@@]2(CCN(C(=O)N(C)C)C2)C1. The standard InChI is InChI=1S/C19H29N5O3/c1-21(2)18(26)24-10-8-19(14-24)13-22(3)12-16(27-19)17(25)23(4)11-15-7-5-6-9-20-15/h5-7,9,16H,8,10-14H2,1-4H3/t16-,19-/m0/s1. The molecule has 0 unspecified atom stereocenters. The molecule has 2 saturated heterocycles. The minimum atomic E-state index is -0.535. The van der Waals surface area contributed by atoms with Crippen molar-refractivity contribution in [3.8, 4) is 0 Å². The Kier molecular flexibility index (Phi) is 5.67. The lowest BCUT2D eigenvalue weighted by atomic mass is 9.99. The van der Waals surface area contributed by atoms with Gasteiger partial charge in [0.05, 0.1) is 18.8 Å².